The fraction of sp³-hybridized carbons (Fsp3) is 0.471. The molecule has 1 aliphatic rings. The maximum atomic E-state index is 4.59. The van der Waals surface area contributed by atoms with Crippen molar-refractivity contribution < 1.29 is 0 Å². The van der Waals surface area contributed by atoms with Gasteiger partial charge >= 0.3 is 0 Å². The van der Waals surface area contributed by atoms with Crippen molar-refractivity contribution in [2.45, 2.75) is 19.4 Å². The Balaban J connectivity index is 1.74. The number of anilines is 3. The van der Waals surface area contributed by atoms with Crippen LogP contribution in [0.2, 0.25) is 0 Å². The zero-order chi connectivity index (χ0) is 17.3. The normalized spacial score (nSPS) is 17.2. The first-order valence-corrected chi connectivity index (χ1v) is 8.84. The van der Waals surface area contributed by atoms with Gasteiger partial charge in [0.25, 0.3) is 0 Å². The number of likely N-dealkylation sites (N-methyl/N-ethyl adjacent to an activating group) is 1. The number of aromatic nitrogens is 3. The van der Waals surface area contributed by atoms with Crippen LogP contribution in [0.4, 0.5) is 17.5 Å². The lowest BCUT2D eigenvalue weighted by Crippen LogP contribution is -2.35. The first-order valence-electron chi connectivity index (χ1n) is 8.05. The van der Waals surface area contributed by atoms with Crippen LogP contribution < -0.4 is 14.7 Å². The van der Waals surface area contributed by atoms with Gasteiger partial charge in [0.05, 0.1) is 0 Å². The topological polar surface area (TPSA) is 48.4 Å². The van der Waals surface area contributed by atoms with E-state index >= 15 is 0 Å². The van der Waals surface area contributed by atoms with Crippen LogP contribution in [0.15, 0.2) is 29.1 Å². The molecular formula is C17H23BrN6. The van der Waals surface area contributed by atoms with Gasteiger partial charge in [0.15, 0.2) is 0 Å². The number of pyridine rings is 1. The largest absolute Gasteiger partial charge is 0.363 e. The van der Waals surface area contributed by atoms with Gasteiger partial charge in [0.2, 0.25) is 0 Å². The standard InChI is InChI=1S/C17H23BrN6/c1-12-7-13(18)9-19-17(12)24-6-5-14(10-24)23(4)16-8-15(22(2)3)20-11-21-16/h7-9,11,14H,5-6,10H2,1-4H3. The molecule has 6 nitrogen and oxygen atoms in total. The molecule has 0 N–H and O–H groups in total. The SMILES string of the molecule is Cc1cc(Br)cnc1N1CCC(N(C)c2cc(N(C)C)ncn2)C1. The molecule has 0 spiro atoms. The van der Waals surface area contributed by atoms with E-state index in [1.54, 1.807) is 6.33 Å². The number of rotatable bonds is 4. The molecule has 24 heavy (non-hydrogen) atoms. The zero-order valence-electron chi connectivity index (χ0n) is 14.6. The number of hydrogen-bond donors (Lipinski definition) is 0. The molecule has 128 valence electrons. The summed E-state index contributed by atoms with van der Waals surface area (Å²) in [6.07, 6.45) is 4.59. The lowest BCUT2D eigenvalue weighted by Gasteiger charge is -2.27. The lowest BCUT2D eigenvalue weighted by molar-refractivity contribution is 0.682. The molecule has 0 aromatic carbocycles. The Bertz CT molecular complexity index is 720. The highest BCUT2D eigenvalue weighted by Crippen LogP contribution is 2.27. The summed E-state index contributed by atoms with van der Waals surface area (Å²) in [5.74, 6) is 2.96. The molecule has 0 radical (unpaired) electrons. The highest BCUT2D eigenvalue weighted by atomic mass is 79.9. The van der Waals surface area contributed by atoms with Crippen molar-refractivity contribution in [3.8, 4) is 0 Å². The maximum absolute atomic E-state index is 4.59. The third kappa shape index (κ3) is 3.45. The highest BCUT2D eigenvalue weighted by molar-refractivity contribution is 9.10. The van der Waals surface area contributed by atoms with Crippen LogP contribution in [0.25, 0.3) is 0 Å². The van der Waals surface area contributed by atoms with Gasteiger partial charge in [0.1, 0.15) is 23.8 Å². The first kappa shape index (κ1) is 17.0. The van der Waals surface area contributed by atoms with Crippen LogP contribution in [0, 0.1) is 6.92 Å². The maximum Gasteiger partial charge on any atom is 0.134 e. The average Bonchev–Trinajstić information content (AvgIpc) is 3.04. The third-order valence-electron chi connectivity index (χ3n) is 4.49. The van der Waals surface area contributed by atoms with Crippen molar-refractivity contribution in [1.82, 2.24) is 15.0 Å². The Morgan fingerprint density at radius 3 is 2.58 bits per heavy atom. The van der Waals surface area contributed by atoms with Crippen LogP contribution in [0.1, 0.15) is 12.0 Å². The van der Waals surface area contributed by atoms with Gasteiger partial charge < -0.3 is 14.7 Å². The fourth-order valence-corrected chi connectivity index (χ4v) is 3.52. The highest BCUT2D eigenvalue weighted by Gasteiger charge is 2.28. The van der Waals surface area contributed by atoms with E-state index in [9.17, 15) is 0 Å². The molecule has 7 heteroatoms. The second-order valence-electron chi connectivity index (χ2n) is 6.42. The summed E-state index contributed by atoms with van der Waals surface area (Å²) >= 11 is 3.48. The number of aryl methyl sites for hydroxylation is 1. The molecule has 0 amide bonds. The minimum Gasteiger partial charge on any atom is -0.363 e. The van der Waals surface area contributed by atoms with E-state index in [4.69, 9.17) is 0 Å². The van der Waals surface area contributed by atoms with Crippen molar-refractivity contribution in [2.24, 2.45) is 0 Å². The molecule has 1 aliphatic heterocycles. The molecule has 3 heterocycles. The van der Waals surface area contributed by atoms with Crippen molar-refractivity contribution in [2.75, 3.05) is 48.9 Å². The molecule has 1 unspecified atom stereocenters. The molecule has 2 aromatic rings. The summed E-state index contributed by atoms with van der Waals surface area (Å²) in [5.41, 5.74) is 1.20. The predicted octanol–water partition coefficient (Wildman–Crippen LogP) is 2.72. The first-order chi connectivity index (χ1) is 11.5. The van der Waals surface area contributed by atoms with Crippen molar-refractivity contribution in [1.29, 1.82) is 0 Å². The van der Waals surface area contributed by atoms with E-state index in [1.807, 2.05) is 31.3 Å². The lowest BCUT2D eigenvalue weighted by atomic mass is 10.2. The summed E-state index contributed by atoms with van der Waals surface area (Å²) in [5, 5.41) is 0. The minimum atomic E-state index is 0.416. The monoisotopic (exact) mass is 390 g/mol. The minimum absolute atomic E-state index is 0.416. The quantitative estimate of drug-likeness (QED) is 0.799. The fourth-order valence-electron chi connectivity index (χ4n) is 3.08. The van der Waals surface area contributed by atoms with Crippen LogP contribution in [-0.2, 0) is 0 Å². The van der Waals surface area contributed by atoms with E-state index < -0.39 is 0 Å². The number of nitrogens with zero attached hydrogens (tertiary/aromatic N) is 6. The predicted molar refractivity (Wildman–Crippen MR) is 102 cm³/mol. The summed E-state index contributed by atoms with van der Waals surface area (Å²) in [6.45, 7) is 4.07. The van der Waals surface area contributed by atoms with Crippen molar-refractivity contribution in [3.05, 3.63) is 34.7 Å². The Morgan fingerprint density at radius 1 is 1.12 bits per heavy atom. The summed E-state index contributed by atoms with van der Waals surface area (Å²) in [7, 11) is 6.09. The van der Waals surface area contributed by atoms with Gasteiger partial charge in [-0.2, -0.15) is 0 Å². The Morgan fingerprint density at radius 2 is 1.88 bits per heavy atom. The number of halogens is 1. The van der Waals surface area contributed by atoms with Crippen molar-refractivity contribution in [3.63, 3.8) is 0 Å². The molecule has 3 rings (SSSR count). The average molecular weight is 391 g/mol. The van der Waals surface area contributed by atoms with Gasteiger partial charge in [-0.1, -0.05) is 0 Å². The van der Waals surface area contributed by atoms with Crippen molar-refractivity contribution >= 4 is 33.4 Å². The van der Waals surface area contributed by atoms with Gasteiger partial charge in [-0.25, -0.2) is 15.0 Å². The summed E-state index contributed by atoms with van der Waals surface area (Å²) in [6, 6.07) is 4.57. The Labute approximate surface area is 151 Å². The van der Waals surface area contributed by atoms with Gasteiger partial charge in [0, 0.05) is 57.0 Å². The summed E-state index contributed by atoms with van der Waals surface area (Å²) < 4.78 is 1.02. The molecule has 0 aliphatic carbocycles. The third-order valence-corrected chi connectivity index (χ3v) is 4.92. The molecule has 2 aromatic heterocycles. The molecular weight excluding hydrogens is 368 g/mol. The van der Waals surface area contributed by atoms with E-state index in [0.717, 1.165) is 41.4 Å². The molecule has 1 saturated heterocycles. The Hall–Kier alpha value is -1.89. The molecule has 1 fully saturated rings. The second kappa shape index (κ2) is 6.93. The second-order valence-corrected chi connectivity index (χ2v) is 7.34. The zero-order valence-corrected chi connectivity index (χ0v) is 16.2. The van der Waals surface area contributed by atoms with Crippen LogP contribution >= 0.6 is 15.9 Å². The van der Waals surface area contributed by atoms with E-state index in [0.29, 0.717) is 6.04 Å². The molecule has 0 bridgehead atoms. The van der Waals surface area contributed by atoms with Gasteiger partial charge in [-0.3, -0.25) is 0 Å². The van der Waals surface area contributed by atoms with Crippen LogP contribution in [0.3, 0.4) is 0 Å². The van der Waals surface area contributed by atoms with Crippen LogP contribution in [-0.4, -0.2) is 55.2 Å². The number of hydrogen-bond acceptors (Lipinski definition) is 6. The van der Waals surface area contributed by atoms with Crippen LogP contribution in [0.5, 0.6) is 0 Å². The molecule has 0 saturated carbocycles. The molecule has 1 atom stereocenters. The Kier molecular flexibility index (Phi) is 4.89. The van der Waals surface area contributed by atoms with Gasteiger partial charge in [-0.15, -0.1) is 0 Å². The van der Waals surface area contributed by atoms with E-state index in [1.165, 1.54) is 5.56 Å². The van der Waals surface area contributed by atoms with E-state index in [2.05, 4.69) is 60.7 Å². The summed E-state index contributed by atoms with van der Waals surface area (Å²) in [4.78, 5) is 19.9. The smallest absolute Gasteiger partial charge is 0.134 e. The van der Waals surface area contributed by atoms with E-state index in [-0.39, 0.29) is 0 Å². The van der Waals surface area contributed by atoms with Gasteiger partial charge in [-0.05, 0) is 40.9 Å².